The van der Waals surface area contributed by atoms with Gasteiger partial charge in [-0.1, -0.05) is 12.8 Å². The molecule has 0 unspecified atom stereocenters. The molecule has 0 fully saturated rings. The molecule has 3 heteroatoms. The number of aliphatic hydroxyl groups is 1. The van der Waals surface area contributed by atoms with Crippen molar-refractivity contribution in [2.75, 3.05) is 18.5 Å². The van der Waals surface area contributed by atoms with Gasteiger partial charge in [-0.25, -0.2) is 0 Å². The van der Waals surface area contributed by atoms with E-state index in [9.17, 15) is 0 Å². The Labute approximate surface area is 103 Å². The number of rotatable bonds is 7. The van der Waals surface area contributed by atoms with E-state index in [1.165, 1.54) is 0 Å². The summed E-state index contributed by atoms with van der Waals surface area (Å²) in [7, 11) is 0. The van der Waals surface area contributed by atoms with Crippen molar-refractivity contribution in [3.05, 3.63) is 29.3 Å². The Hall–Kier alpha value is -1.53. The third kappa shape index (κ3) is 4.88. The van der Waals surface area contributed by atoms with E-state index in [4.69, 9.17) is 10.4 Å². The fourth-order valence-corrected chi connectivity index (χ4v) is 1.72. The van der Waals surface area contributed by atoms with Gasteiger partial charge in [0.15, 0.2) is 0 Å². The fraction of sp³-hybridized carbons (Fsp3) is 0.500. The first-order valence-corrected chi connectivity index (χ1v) is 6.13. The van der Waals surface area contributed by atoms with Crippen LogP contribution in [0.2, 0.25) is 0 Å². The molecule has 0 spiro atoms. The summed E-state index contributed by atoms with van der Waals surface area (Å²) in [6, 6.07) is 7.96. The summed E-state index contributed by atoms with van der Waals surface area (Å²) < 4.78 is 0. The number of nitriles is 1. The van der Waals surface area contributed by atoms with Gasteiger partial charge in [-0.2, -0.15) is 5.26 Å². The van der Waals surface area contributed by atoms with Crippen LogP contribution in [0.5, 0.6) is 0 Å². The number of hydrogen-bond donors (Lipinski definition) is 2. The van der Waals surface area contributed by atoms with Gasteiger partial charge in [-0.3, -0.25) is 0 Å². The van der Waals surface area contributed by atoms with E-state index in [-0.39, 0.29) is 0 Å². The van der Waals surface area contributed by atoms with Crippen LogP contribution >= 0.6 is 0 Å². The maximum absolute atomic E-state index is 8.82. The Morgan fingerprint density at radius 3 is 2.65 bits per heavy atom. The van der Waals surface area contributed by atoms with E-state index in [1.54, 1.807) is 0 Å². The lowest BCUT2D eigenvalue weighted by Crippen LogP contribution is -2.02. The molecule has 0 aromatic heterocycles. The van der Waals surface area contributed by atoms with Gasteiger partial charge >= 0.3 is 0 Å². The van der Waals surface area contributed by atoms with E-state index in [1.807, 2.05) is 25.1 Å². The third-order valence-corrected chi connectivity index (χ3v) is 2.76. The van der Waals surface area contributed by atoms with Gasteiger partial charge in [0, 0.05) is 18.8 Å². The molecule has 2 N–H and O–H groups in total. The van der Waals surface area contributed by atoms with Gasteiger partial charge in [0.2, 0.25) is 0 Å². The number of aliphatic hydroxyl groups excluding tert-OH is 1. The predicted molar refractivity (Wildman–Crippen MR) is 69.9 cm³/mol. The van der Waals surface area contributed by atoms with E-state index >= 15 is 0 Å². The van der Waals surface area contributed by atoms with Crippen molar-refractivity contribution in [3.8, 4) is 6.07 Å². The van der Waals surface area contributed by atoms with Crippen molar-refractivity contribution in [2.24, 2.45) is 0 Å². The standard InChI is InChI=1S/C14H20N2O/c1-12-10-14(7-6-13(12)11-15)16-8-4-2-3-5-9-17/h6-7,10,16-17H,2-5,8-9H2,1H3. The highest BCUT2D eigenvalue weighted by molar-refractivity contribution is 5.51. The van der Waals surface area contributed by atoms with Crippen LogP contribution in [0.3, 0.4) is 0 Å². The number of nitrogens with zero attached hydrogens (tertiary/aromatic N) is 1. The van der Waals surface area contributed by atoms with Crippen LogP contribution in [0.15, 0.2) is 18.2 Å². The van der Waals surface area contributed by atoms with Gasteiger partial charge in [0.05, 0.1) is 11.6 Å². The van der Waals surface area contributed by atoms with Gasteiger partial charge in [-0.15, -0.1) is 0 Å². The Balaban J connectivity index is 2.28. The van der Waals surface area contributed by atoms with Crippen molar-refractivity contribution in [1.82, 2.24) is 0 Å². The summed E-state index contributed by atoms with van der Waals surface area (Å²) in [4.78, 5) is 0. The monoisotopic (exact) mass is 232 g/mol. The lowest BCUT2D eigenvalue weighted by molar-refractivity contribution is 0.283. The minimum atomic E-state index is 0.294. The molecule has 1 rings (SSSR count). The average Bonchev–Trinajstić information content (AvgIpc) is 2.34. The second-order valence-corrected chi connectivity index (χ2v) is 4.21. The first-order valence-electron chi connectivity index (χ1n) is 6.13. The molecule has 92 valence electrons. The van der Waals surface area contributed by atoms with Crippen LogP contribution in [0, 0.1) is 18.3 Å². The summed E-state index contributed by atoms with van der Waals surface area (Å²) in [6.45, 7) is 3.18. The number of unbranched alkanes of at least 4 members (excludes halogenated alkanes) is 3. The summed E-state index contributed by atoms with van der Waals surface area (Å²) in [5, 5.41) is 20.8. The number of anilines is 1. The van der Waals surface area contributed by atoms with E-state index < -0.39 is 0 Å². The van der Waals surface area contributed by atoms with Crippen LogP contribution < -0.4 is 5.32 Å². The molecular formula is C14H20N2O. The minimum absolute atomic E-state index is 0.294. The number of benzene rings is 1. The van der Waals surface area contributed by atoms with E-state index in [2.05, 4.69) is 11.4 Å². The van der Waals surface area contributed by atoms with Crippen LogP contribution in [0.1, 0.15) is 36.8 Å². The Morgan fingerprint density at radius 2 is 2.00 bits per heavy atom. The van der Waals surface area contributed by atoms with Crippen molar-refractivity contribution < 1.29 is 5.11 Å². The largest absolute Gasteiger partial charge is 0.396 e. The molecule has 0 amide bonds. The lowest BCUT2D eigenvalue weighted by atomic mass is 10.1. The molecule has 17 heavy (non-hydrogen) atoms. The summed E-state index contributed by atoms with van der Waals surface area (Å²) in [6.07, 6.45) is 4.24. The molecule has 0 atom stereocenters. The smallest absolute Gasteiger partial charge is 0.0994 e. The molecule has 0 saturated carbocycles. The Morgan fingerprint density at radius 1 is 1.24 bits per heavy atom. The number of aryl methyl sites for hydroxylation is 1. The highest BCUT2D eigenvalue weighted by Gasteiger charge is 1.98. The first kappa shape index (κ1) is 13.5. The Bertz CT molecular complexity index is 382. The number of nitrogens with one attached hydrogen (secondary N) is 1. The molecule has 1 aromatic rings. The molecule has 0 aliphatic carbocycles. The zero-order chi connectivity index (χ0) is 12.5. The minimum Gasteiger partial charge on any atom is -0.396 e. The molecule has 3 nitrogen and oxygen atoms in total. The SMILES string of the molecule is Cc1cc(NCCCCCCO)ccc1C#N. The molecular weight excluding hydrogens is 212 g/mol. The van der Waals surface area contributed by atoms with Gasteiger partial charge in [0.25, 0.3) is 0 Å². The highest BCUT2D eigenvalue weighted by Crippen LogP contribution is 2.14. The van der Waals surface area contributed by atoms with Crippen LogP contribution in [-0.2, 0) is 0 Å². The second kappa shape index (κ2) is 7.70. The maximum atomic E-state index is 8.82. The first-order chi connectivity index (χ1) is 8.27. The predicted octanol–water partition coefficient (Wildman–Crippen LogP) is 2.83. The zero-order valence-electron chi connectivity index (χ0n) is 10.4. The lowest BCUT2D eigenvalue weighted by Gasteiger charge is -2.07. The maximum Gasteiger partial charge on any atom is 0.0994 e. The topological polar surface area (TPSA) is 56.0 Å². The molecule has 0 saturated heterocycles. The average molecular weight is 232 g/mol. The van der Waals surface area contributed by atoms with Crippen molar-refractivity contribution in [3.63, 3.8) is 0 Å². The van der Waals surface area contributed by atoms with Gasteiger partial charge in [0.1, 0.15) is 0 Å². The molecule has 0 aliphatic heterocycles. The van der Waals surface area contributed by atoms with E-state index in [0.717, 1.165) is 49.0 Å². The van der Waals surface area contributed by atoms with Crippen LogP contribution in [0.25, 0.3) is 0 Å². The number of hydrogen-bond acceptors (Lipinski definition) is 3. The van der Waals surface area contributed by atoms with Gasteiger partial charge in [-0.05, 0) is 43.5 Å². The summed E-state index contributed by atoms with van der Waals surface area (Å²) in [5.74, 6) is 0. The second-order valence-electron chi connectivity index (χ2n) is 4.21. The molecule has 0 heterocycles. The normalized spacial score (nSPS) is 9.94. The zero-order valence-corrected chi connectivity index (χ0v) is 10.4. The van der Waals surface area contributed by atoms with Crippen LogP contribution in [0.4, 0.5) is 5.69 Å². The highest BCUT2D eigenvalue weighted by atomic mass is 16.2. The van der Waals surface area contributed by atoms with Crippen LogP contribution in [-0.4, -0.2) is 18.3 Å². The van der Waals surface area contributed by atoms with Crippen molar-refractivity contribution in [2.45, 2.75) is 32.6 Å². The molecule has 0 bridgehead atoms. The van der Waals surface area contributed by atoms with Crippen molar-refractivity contribution >= 4 is 5.69 Å². The summed E-state index contributed by atoms with van der Waals surface area (Å²) >= 11 is 0. The summed E-state index contributed by atoms with van der Waals surface area (Å²) in [5.41, 5.74) is 2.82. The third-order valence-electron chi connectivity index (χ3n) is 2.76. The quantitative estimate of drug-likeness (QED) is 0.711. The molecule has 0 radical (unpaired) electrons. The Kier molecular flexibility index (Phi) is 6.13. The van der Waals surface area contributed by atoms with Crippen molar-refractivity contribution in [1.29, 1.82) is 5.26 Å². The van der Waals surface area contributed by atoms with E-state index in [0.29, 0.717) is 6.61 Å². The fourth-order valence-electron chi connectivity index (χ4n) is 1.72. The molecule has 1 aromatic carbocycles. The molecule has 0 aliphatic rings. The van der Waals surface area contributed by atoms with Gasteiger partial charge < -0.3 is 10.4 Å².